The van der Waals surface area contributed by atoms with Gasteiger partial charge in [-0.25, -0.2) is 4.98 Å². The molecular weight excluding hydrogens is 321 g/mol. The Morgan fingerprint density at radius 3 is 2.77 bits per heavy atom. The Morgan fingerprint density at radius 2 is 2.00 bits per heavy atom. The Bertz CT molecular complexity index is 838. The van der Waals surface area contributed by atoms with E-state index in [2.05, 4.69) is 15.3 Å². The number of amides is 1. The SMILES string of the molecule is O=C(C=Cc1ccc(Cl)cc1Cl)Nc1nc2ccccc2[nH]1. The zero-order valence-corrected chi connectivity index (χ0v) is 12.8. The third-order valence-corrected chi connectivity index (χ3v) is 3.57. The second-order valence-electron chi connectivity index (χ2n) is 4.59. The largest absolute Gasteiger partial charge is 0.324 e. The van der Waals surface area contributed by atoms with Crippen LogP contribution in [0.1, 0.15) is 5.56 Å². The summed E-state index contributed by atoms with van der Waals surface area (Å²) in [5.74, 6) is 0.100. The molecule has 0 aliphatic rings. The fourth-order valence-electron chi connectivity index (χ4n) is 1.97. The van der Waals surface area contributed by atoms with Crippen LogP contribution in [0.15, 0.2) is 48.5 Å². The number of benzene rings is 2. The molecule has 1 heterocycles. The number of hydrogen-bond acceptors (Lipinski definition) is 2. The van der Waals surface area contributed by atoms with Gasteiger partial charge < -0.3 is 4.98 Å². The van der Waals surface area contributed by atoms with Crippen LogP contribution in [0.5, 0.6) is 0 Å². The molecule has 1 aromatic heterocycles. The molecule has 22 heavy (non-hydrogen) atoms. The Morgan fingerprint density at radius 1 is 1.18 bits per heavy atom. The van der Waals surface area contributed by atoms with E-state index in [1.807, 2.05) is 24.3 Å². The van der Waals surface area contributed by atoms with Gasteiger partial charge in [0.1, 0.15) is 0 Å². The van der Waals surface area contributed by atoms with Gasteiger partial charge in [0.25, 0.3) is 5.91 Å². The van der Waals surface area contributed by atoms with E-state index in [4.69, 9.17) is 23.2 Å². The highest BCUT2D eigenvalue weighted by atomic mass is 35.5. The fourth-order valence-corrected chi connectivity index (χ4v) is 2.44. The first kappa shape index (κ1) is 14.6. The fraction of sp³-hybridized carbons (Fsp3) is 0. The van der Waals surface area contributed by atoms with Gasteiger partial charge in [0, 0.05) is 16.1 Å². The van der Waals surface area contributed by atoms with E-state index in [9.17, 15) is 4.79 Å². The maximum absolute atomic E-state index is 11.9. The molecule has 0 bridgehead atoms. The van der Waals surface area contributed by atoms with E-state index in [1.165, 1.54) is 6.08 Å². The van der Waals surface area contributed by atoms with Crippen molar-refractivity contribution in [3.63, 3.8) is 0 Å². The lowest BCUT2D eigenvalue weighted by atomic mass is 10.2. The van der Waals surface area contributed by atoms with Crippen molar-refractivity contribution in [1.29, 1.82) is 0 Å². The maximum Gasteiger partial charge on any atom is 0.250 e. The van der Waals surface area contributed by atoms with E-state index in [1.54, 1.807) is 24.3 Å². The standard InChI is InChI=1S/C16H11Cl2N3O/c17-11-7-5-10(12(18)9-11)6-8-15(22)21-16-19-13-3-1-2-4-14(13)20-16/h1-9H,(H2,19,20,21,22). The molecule has 0 atom stereocenters. The third kappa shape index (κ3) is 3.30. The maximum atomic E-state index is 11.9. The number of anilines is 1. The van der Waals surface area contributed by atoms with Gasteiger partial charge >= 0.3 is 0 Å². The van der Waals surface area contributed by atoms with Crippen LogP contribution in [-0.2, 0) is 4.79 Å². The normalized spacial score (nSPS) is 11.2. The summed E-state index contributed by atoms with van der Waals surface area (Å²) >= 11 is 11.9. The van der Waals surface area contributed by atoms with Crippen molar-refractivity contribution in [2.24, 2.45) is 0 Å². The van der Waals surface area contributed by atoms with Crippen molar-refractivity contribution in [1.82, 2.24) is 9.97 Å². The molecular formula is C16H11Cl2N3O. The second kappa shape index (κ2) is 6.22. The smallest absolute Gasteiger partial charge is 0.250 e. The number of rotatable bonds is 3. The molecule has 4 nitrogen and oxygen atoms in total. The Labute approximate surface area is 136 Å². The summed E-state index contributed by atoms with van der Waals surface area (Å²) in [6.07, 6.45) is 3.01. The van der Waals surface area contributed by atoms with Crippen LogP contribution in [0.4, 0.5) is 5.95 Å². The molecule has 0 aliphatic carbocycles. The number of carbonyl (C=O) groups excluding carboxylic acids is 1. The number of nitrogens with one attached hydrogen (secondary N) is 2. The summed E-state index contributed by atoms with van der Waals surface area (Å²) in [7, 11) is 0. The highest BCUT2D eigenvalue weighted by Crippen LogP contribution is 2.22. The minimum atomic E-state index is -0.301. The second-order valence-corrected chi connectivity index (χ2v) is 5.43. The van der Waals surface area contributed by atoms with Gasteiger partial charge in [-0.3, -0.25) is 10.1 Å². The van der Waals surface area contributed by atoms with E-state index in [0.717, 1.165) is 11.0 Å². The first-order valence-corrected chi connectivity index (χ1v) is 7.26. The highest BCUT2D eigenvalue weighted by Gasteiger charge is 2.04. The molecule has 0 aliphatic heterocycles. The lowest BCUT2D eigenvalue weighted by Gasteiger charge is -1.99. The van der Waals surface area contributed by atoms with Gasteiger partial charge in [0.05, 0.1) is 11.0 Å². The van der Waals surface area contributed by atoms with Crippen molar-refractivity contribution in [2.75, 3.05) is 5.32 Å². The quantitative estimate of drug-likeness (QED) is 0.693. The number of H-pyrrole nitrogens is 1. The Balaban J connectivity index is 1.73. The Hall–Kier alpha value is -2.30. The zero-order valence-electron chi connectivity index (χ0n) is 11.3. The van der Waals surface area contributed by atoms with Gasteiger partial charge in [-0.2, -0.15) is 0 Å². The van der Waals surface area contributed by atoms with Crippen molar-refractivity contribution < 1.29 is 4.79 Å². The van der Waals surface area contributed by atoms with E-state index >= 15 is 0 Å². The molecule has 0 saturated carbocycles. The van der Waals surface area contributed by atoms with E-state index in [-0.39, 0.29) is 5.91 Å². The van der Waals surface area contributed by atoms with Crippen LogP contribution < -0.4 is 5.32 Å². The van der Waals surface area contributed by atoms with Crippen LogP contribution in [0.3, 0.4) is 0 Å². The summed E-state index contributed by atoms with van der Waals surface area (Å²) in [6.45, 7) is 0. The first-order chi connectivity index (χ1) is 10.6. The molecule has 3 aromatic rings. The molecule has 2 N–H and O–H groups in total. The average molecular weight is 332 g/mol. The summed E-state index contributed by atoms with van der Waals surface area (Å²) < 4.78 is 0. The third-order valence-electron chi connectivity index (χ3n) is 3.01. The van der Waals surface area contributed by atoms with Gasteiger partial charge in [-0.15, -0.1) is 0 Å². The zero-order chi connectivity index (χ0) is 15.5. The van der Waals surface area contributed by atoms with Crippen LogP contribution in [0.2, 0.25) is 10.0 Å². The van der Waals surface area contributed by atoms with Crippen LogP contribution in [-0.4, -0.2) is 15.9 Å². The van der Waals surface area contributed by atoms with Crippen LogP contribution in [0.25, 0.3) is 17.1 Å². The molecule has 0 saturated heterocycles. The number of fused-ring (bicyclic) bond motifs is 1. The molecule has 1 amide bonds. The Kier molecular flexibility index (Phi) is 4.13. The molecule has 0 spiro atoms. The molecule has 0 fully saturated rings. The molecule has 0 radical (unpaired) electrons. The predicted molar refractivity (Wildman–Crippen MR) is 90.2 cm³/mol. The van der Waals surface area contributed by atoms with Crippen LogP contribution in [0, 0.1) is 0 Å². The van der Waals surface area contributed by atoms with Crippen molar-refractivity contribution in [3.8, 4) is 0 Å². The van der Waals surface area contributed by atoms with Gasteiger partial charge in [0.15, 0.2) is 0 Å². The number of aromatic nitrogens is 2. The number of hydrogen-bond donors (Lipinski definition) is 2. The van der Waals surface area contributed by atoms with E-state index in [0.29, 0.717) is 21.6 Å². The number of imidazole rings is 1. The molecule has 6 heteroatoms. The first-order valence-electron chi connectivity index (χ1n) is 6.51. The van der Waals surface area contributed by atoms with Gasteiger partial charge in [0.2, 0.25) is 5.95 Å². The monoisotopic (exact) mass is 331 g/mol. The van der Waals surface area contributed by atoms with Gasteiger partial charge in [-0.1, -0.05) is 41.4 Å². The number of carbonyl (C=O) groups is 1. The number of para-hydroxylation sites is 2. The minimum Gasteiger partial charge on any atom is -0.324 e. The molecule has 110 valence electrons. The summed E-state index contributed by atoms with van der Waals surface area (Å²) in [5.41, 5.74) is 2.37. The molecule has 0 unspecified atom stereocenters. The lowest BCUT2D eigenvalue weighted by molar-refractivity contribution is -0.111. The summed E-state index contributed by atoms with van der Waals surface area (Å²) in [5, 5.41) is 3.71. The highest BCUT2D eigenvalue weighted by molar-refractivity contribution is 6.35. The number of nitrogens with zero attached hydrogens (tertiary/aromatic N) is 1. The van der Waals surface area contributed by atoms with Crippen LogP contribution >= 0.6 is 23.2 Å². The minimum absolute atomic E-state index is 0.301. The number of aromatic amines is 1. The average Bonchev–Trinajstić information content (AvgIpc) is 2.88. The molecule has 2 aromatic carbocycles. The lowest BCUT2D eigenvalue weighted by Crippen LogP contribution is -2.08. The number of halogens is 2. The van der Waals surface area contributed by atoms with Gasteiger partial charge in [-0.05, 0) is 35.9 Å². The summed E-state index contributed by atoms with van der Waals surface area (Å²) in [6, 6.07) is 12.6. The van der Waals surface area contributed by atoms with E-state index < -0.39 is 0 Å². The van der Waals surface area contributed by atoms with Crippen molar-refractivity contribution in [2.45, 2.75) is 0 Å². The summed E-state index contributed by atoms with van der Waals surface area (Å²) in [4.78, 5) is 19.2. The topological polar surface area (TPSA) is 57.8 Å². The van der Waals surface area contributed by atoms with Crippen molar-refractivity contribution >= 4 is 52.2 Å². The predicted octanol–water partition coefficient (Wildman–Crippen LogP) is 4.52. The van der Waals surface area contributed by atoms with Crippen molar-refractivity contribution in [3.05, 3.63) is 64.1 Å². The molecule has 3 rings (SSSR count).